The summed E-state index contributed by atoms with van der Waals surface area (Å²) in [5.74, 6) is 0.785. The van der Waals surface area contributed by atoms with Gasteiger partial charge in [0.05, 0.1) is 10.8 Å². The SMILES string of the molecule is C=C1CCC[C@]2(C)C[C@H]3OC(=O)[C@H](CN4CCN(c5ccc([N+](=O)[O-])cc5)CC4)[C@H]3C[C@H]12. The molecule has 0 unspecified atom stereocenters. The summed E-state index contributed by atoms with van der Waals surface area (Å²) in [5, 5.41) is 10.9. The third kappa shape index (κ3) is 3.81. The summed E-state index contributed by atoms with van der Waals surface area (Å²) in [5.41, 5.74) is 2.75. The summed E-state index contributed by atoms with van der Waals surface area (Å²) in [6.07, 6.45) is 5.64. The molecule has 172 valence electrons. The molecule has 2 aliphatic heterocycles. The largest absolute Gasteiger partial charge is 0.462 e. The zero-order chi connectivity index (χ0) is 22.5. The lowest BCUT2D eigenvalue weighted by molar-refractivity contribution is -0.384. The van der Waals surface area contributed by atoms with Crippen LogP contribution in [0.4, 0.5) is 11.4 Å². The molecule has 0 spiro atoms. The average Bonchev–Trinajstić information content (AvgIpc) is 3.06. The topological polar surface area (TPSA) is 75.9 Å². The Hall–Kier alpha value is -2.41. The van der Waals surface area contributed by atoms with Gasteiger partial charge in [0, 0.05) is 56.5 Å². The fourth-order valence-corrected chi connectivity index (χ4v) is 6.72. The first kappa shape index (κ1) is 21.4. The third-order valence-corrected chi connectivity index (χ3v) is 8.57. The highest BCUT2D eigenvalue weighted by Gasteiger charge is 2.55. The van der Waals surface area contributed by atoms with Gasteiger partial charge < -0.3 is 9.64 Å². The maximum absolute atomic E-state index is 12.8. The second-order valence-electron chi connectivity index (χ2n) is 10.5. The molecule has 2 saturated heterocycles. The van der Waals surface area contributed by atoms with Crippen molar-refractivity contribution in [3.63, 3.8) is 0 Å². The monoisotopic (exact) mass is 439 g/mol. The van der Waals surface area contributed by atoms with Crippen LogP contribution in [0, 0.1) is 33.3 Å². The number of allylic oxidation sites excluding steroid dienone is 1. The number of nitro benzene ring substituents is 1. The maximum atomic E-state index is 12.8. The average molecular weight is 440 g/mol. The van der Waals surface area contributed by atoms with Crippen molar-refractivity contribution in [2.24, 2.45) is 23.2 Å². The molecule has 2 aliphatic carbocycles. The number of hydrogen-bond donors (Lipinski definition) is 0. The maximum Gasteiger partial charge on any atom is 0.310 e. The minimum atomic E-state index is -0.369. The molecule has 0 bridgehead atoms. The Labute approximate surface area is 189 Å². The van der Waals surface area contributed by atoms with Crippen molar-refractivity contribution < 1.29 is 14.5 Å². The first-order chi connectivity index (χ1) is 15.3. The molecule has 7 nitrogen and oxygen atoms in total. The van der Waals surface area contributed by atoms with Crippen molar-refractivity contribution in [1.29, 1.82) is 0 Å². The fraction of sp³-hybridized carbons (Fsp3) is 0.640. The number of nitro groups is 1. The number of rotatable bonds is 4. The van der Waals surface area contributed by atoms with Crippen LogP contribution in [0.5, 0.6) is 0 Å². The van der Waals surface area contributed by atoms with E-state index in [4.69, 9.17) is 4.74 Å². The van der Waals surface area contributed by atoms with Crippen LogP contribution in [-0.2, 0) is 9.53 Å². The van der Waals surface area contributed by atoms with Crippen molar-refractivity contribution in [2.75, 3.05) is 37.6 Å². The van der Waals surface area contributed by atoms with E-state index in [0.717, 1.165) is 57.7 Å². The van der Waals surface area contributed by atoms with Crippen LogP contribution in [0.25, 0.3) is 0 Å². The van der Waals surface area contributed by atoms with Crippen LogP contribution in [0.15, 0.2) is 36.4 Å². The predicted octanol–water partition coefficient (Wildman–Crippen LogP) is 4.03. The van der Waals surface area contributed by atoms with Gasteiger partial charge in [-0.1, -0.05) is 19.1 Å². The molecule has 4 aliphatic rings. The van der Waals surface area contributed by atoms with Gasteiger partial charge in [-0.05, 0) is 55.6 Å². The molecule has 0 N–H and O–H groups in total. The van der Waals surface area contributed by atoms with E-state index in [1.165, 1.54) is 18.4 Å². The van der Waals surface area contributed by atoms with Gasteiger partial charge >= 0.3 is 5.97 Å². The second kappa shape index (κ2) is 8.18. The quantitative estimate of drug-likeness (QED) is 0.305. The van der Waals surface area contributed by atoms with Crippen molar-refractivity contribution in [2.45, 2.75) is 45.1 Å². The Morgan fingerprint density at radius 1 is 1.22 bits per heavy atom. The first-order valence-corrected chi connectivity index (χ1v) is 11.9. The number of ether oxygens (including phenoxy) is 1. The summed E-state index contributed by atoms with van der Waals surface area (Å²) < 4.78 is 5.93. The standard InChI is InChI=1S/C25H33N3O4/c1-17-4-3-9-25(2)15-23-20(14-22(17)25)21(24(29)32-23)16-26-10-12-27(13-11-26)18-5-7-19(8-6-18)28(30)31/h5-8,20-23H,1,3-4,9-16H2,2H3/t20-,21-,22-,23-,25-/m1/s1. The summed E-state index contributed by atoms with van der Waals surface area (Å²) in [6.45, 7) is 11.0. The number of fused-ring (bicyclic) bond motifs is 2. The molecule has 4 fully saturated rings. The summed E-state index contributed by atoms with van der Waals surface area (Å²) in [7, 11) is 0. The fourth-order valence-electron chi connectivity index (χ4n) is 6.72. The molecule has 0 aromatic heterocycles. The van der Waals surface area contributed by atoms with E-state index in [-0.39, 0.29) is 34.0 Å². The minimum absolute atomic E-state index is 0.00865. The number of hydrogen-bond acceptors (Lipinski definition) is 6. The number of piperazine rings is 1. The summed E-state index contributed by atoms with van der Waals surface area (Å²) >= 11 is 0. The Morgan fingerprint density at radius 2 is 1.94 bits per heavy atom. The van der Waals surface area contributed by atoms with E-state index in [1.54, 1.807) is 12.1 Å². The Kier molecular flexibility index (Phi) is 5.48. The zero-order valence-corrected chi connectivity index (χ0v) is 18.9. The highest BCUT2D eigenvalue weighted by atomic mass is 16.6. The van der Waals surface area contributed by atoms with Crippen LogP contribution < -0.4 is 4.90 Å². The molecule has 1 aromatic rings. The molecule has 2 heterocycles. The number of esters is 1. The van der Waals surface area contributed by atoms with Crippen molar-refractivity contribution >= 4 is 17.3 Å². The van der Waals surface area contributed by atoms with Gasteiger partial charge in [-0.2, -0.15) is 0 Å². The molecule has 0 amide bonds. The molecule has 5 atom stereocenters. The molecule has 5 rings (SSSR count). The lowest BCUT2D eigenvalue weighted by Crippen LogP contribution is -2.50. The van der Waals surface area contributed by atoms with Gasteiger partial charge in [-0.3, -0.25) is 19.8 Å². The van der Waals surface area contributed by atoms with Crippen LogP contribution in [-0.4, -0.2) is 54.6 Å². The summed E-state index contributed by atoms with van der Waals surface area (Å²) in [6, 6.07) is 6.77. The van der Waals surface area contributed by atoms with Crippen LogP contribution in [0.2, 0.25) is 0 Å². The van der Waals surface area contributed by atoms with Crippen molar-refractivity contribution in [3.05, 3.63) is 46.5 Å². The van der Waals surface area contributed by atoms with Gasteiger partial charge in [0.15, 0.2) is 0 Å². The number of nitrogens with zero attached hydrogens (tertiary/aromatic N) is 3. The lowest BCUT2D eigenvalue weighted by Gasteiger charge is -2.50. The molecular weight excluding hydrogens is 406 g/mol. The Morgan fingerprint density at radius 3 is 2.62 bits per heavy atom. The number of carbonyl (C=O) groups excluding carboxylic acids is 1. The molecule has 32 heavy (non-hydrogen) atoms. The zero-order valence-electron chi connectivity index (χ0n) is 18.9. The van der Waals surface area contributed by atoms with Crippen molar-refractivity contribution in [3.8, 4) is 0 Å². The van der Waals surface area contributed by atoms with Gasteiger partial charge in [0.25, 0.3) is 5.69 Å². The normalized spacial score (nSPS) is 35.2. The van der Waals surface area contributed by atoms with E-state index < -0.39 is 0 Å². The first-order valence-electron chi connectivity index (χ1n) is 11.9. The van der Waals surface area contributed by atoms with E-state index in [1.807, 2.05) is 12.1 Å². The molecule has 0 radical (unpaired) electrons. The van der Waals surface area contributed by atoms with E-state index in [0.29, 0.717) is 11.8 Å². The highest BCUT2D eigenvalue weighted by molar-refractivity contribution is 5.75. The highest BCUT2D eigenvalue weighted by Crippen LogP contribution is 2.56. The van der Waals surface area contributed by atoms with Gasteiger partial charge in [-0.15, -0.1) is 0 Å². The van der Waals surface area contributed by atoms with E-state index in [9.17, 15) is 14.9 Å². The smallest absolute Gasteiger partial charge is 0.310 e. The molecule has 1 aromatic carbocycles. The summed E-state index contributed by atoms with van der Waals surface area (Å²) in [4.78, 5) is 28.0. The molecule has 2 saturated carbocycles. The minimum Gasteiger partial charge on any atom is -0.462 e. The third-order valence-electron chi connectivity index (χ3n) is 8.57. The van der Waals surface area contributed by atoms with Crippen LogP contribution in [0.1, 0.15) is 39.0 Å². The van der Waals surface area contributed by atoms with Crippen molar-refractivity contribution in [1.82, 2.24) is 4.90 Å². The number of carbonyl (C=O) groups is 1. The van der Waals surface area contributed by atoms with Gasteiger partial charge in [0.1, 0.15) is 6.10 Å². The van der Waals surface area contributed by atoms with Crippen LogP contribution in [0.3, 0.4) is 0 Å². The van der Waals surface area contributed by atoms with Gasteiger partial charge in [0.2, 0.25) is 0 Å². The Balaban J connectivity index is 1.20. The van der Waals surface area contributed by atoms with E-state index >= 15 is 0 Å². The molecular formula is C25H33N3O4. The van der Waals surface area contributed by atoms with Gasteiger partial charge in [-0.25, -0.2) is 0 Å². The number of non-ortho nitro benzene ring substituents is 1. The number of benzene rings is 1. The Bertz CT molecular complexity index is 908. The predicted molar refractivity (Wildman–Crippen MR) is 122 cm³/mol. The molecule has 7 heteroatoms. The van der Waals surface area contributed by atoms with E-state index in [2.05, 4.69) is 23.3 Å². The number of anilines is 1. The lowest BCUT2D eigenvalue weighted by atomic mass is 9.55. The van der Waals surface area contributed by atoms with Crippen LogP contribution >= 0.6 is 0 Å². The second-order valence-corrected chi connectivity index (χ2v) is 10.5.